The number of hydrogen-bond donors (Lipinski definition) is 2. The van der Waals surface area contributed by atoms with Crippen LogP contribution in [0.2, 0.25) is 0 Å². The van der Waals surface area contributed by atoms with Gasteiger partial charge in [0, 0.05) is 31.2 Å². The summed E-state index contributed by atoms with van der Waals surface area (Å²) in [5.74, 6) is 2.33. The van der Waals surface area contributed by atoms with Gasteiger partial charge in [-0.3, -0.25) is 4.90 Å². The van der Waals surface area contributed by atoms with Crippen LogP contribution in [0.3, 0.4) is 0 Å². The minimum absolute atomic E-state index is 0.397. The third-order valence-electron chi connectivity index (χ3n) is 3.97. The minimum Gasteiger partial charge on any atom is -0.370 e. The molecule has 118 valence electrons. The molecule has 1 aromatic rings. The Kier molecular flexibility index (Phi) is 5.79. The number of aromatic nitrogens is 2. The highest BCUT2D eigenvalue weighted by Crippen LogP contribution is 2.29. The second kappa shape index (κ2) is 7.59. The zero-order valence-corrected chi connectivity index (χ0v) is 13.8. The van der Waals surface area contributed by atoms with Gasteiger partial charge in [0.25, 0.3) is 0 Å². The van der Waals surface area contributed by atoms with Crippen LogP contribution in [-0.4, -0.2) is 47.1 Å². The Labute approximate surface area is 128 Å². The van der Waals surface area contributed by atoms with E-state index < -0.39 is 0 Å². The Bertz CT molecular complexity index is 442. The fraction of sp³-hybridized carbons (Fsp3) is 0.750. The number of nitrogens with zero attached hydrogens (tertiary/aromatic N) is 3. The van der Waals surface area contributed by atoms with E-state index in [2.05, 4.69) is 53.2 Å². The maximum absolute atomic E-state index is 4.45. The molecule has 1 saturated carbocycles. The Balaban J connectivity index is 1.99. The summed E-state index contributed by atoms with van der Waals surface area (Å²) >= 11 is 0. The van der Waals surface area contributed by atoms with Gasteiger partial charge < -0.3 is 10.6 Å². The zero-order chi connectivity index (χ0) is 15.2. The molecule has 1 aliphatic rings. The van der Waals surface area contributed by atoms with Crippen LogP contribution in [0.25, 0.3) is 0 Å². The average Bonchev–Trinajstić information content (AvgIpc) is 3.28. The third kappa shape index (κ3) is 4.30. The average molecular weight is 291 g/mol. The van der Waals surface area contributed by atoms with E-state index in [0.717, 1.165) is 43.9 Å². The van der Waals surface area contributed by atoms with Crippen LogP contribution in [0.15, 0.2) is 6.33 Å². The monoisotopic (exact) mass is 291 g/mol. The van der Waals surface area contributed by atoms with Crippen LogP contribution >= 0.6 is 0 Å². The van der Waals surface area contributed by atoms with Gasteiger partial charge >= 0.3 is 0 Å². The summed E-state index contributed by atoms with van der Waals surface area (Å²) in [6, 6.07) is 0.823. The molecule has 21 heavy (non-hydrogen) atoms. The molecule has 5 nitrogen and oxygen atoms in total. The van der Waals surface area contributed by atoms with Gasteiger partial charge in [-0.05, 0) is 32.2 Å². The number of hydrogen-bond acceptors (Lipinski definition) is 5. The Morgan fingerprint density at radius 1 is 1.19 bits per heavy atom. The molecule has 0 radical (unpaired) electrons. The van der Waals surface area contributed by atoms with Crippen LogP contribution < -0.4 is 10.6 Å². The lowest BCUT2D eigenvalue weighted by Gasteiger charge is -2.21. The summed E-state index contributed by atoms with van der Waals surface area (Å²) in [6.07, 6.45) is 4.37. The first-order valence-electron chi connectivity index (χ1n) is 8.24. The number of anilines is 2. The topological polar surface area (TPSA) is 53.1 Å². The van der Waals surface area contributed by atoms with Crippen LogP contribution in [-0.2, 0) is 0 Å². The van der Waals surface area contributed by atoms with Gasteiger partial charge in [0.1, 0.15) is 18.0 Å². The second-order valence-electron chi connectivity index (χ2n) is 5.96. The Hall–Kier alpha value is -1.36. The second-order valence-corrected chi connectivity index (χ2v) is 5.96. The summed E-state index contributed by atoms with van der Waals surface area (Å²) in [5.41, 5.74) is 1.19. The van der Waals surface area contributed by atoms with E-state index in [9.17, 15) is 0 Å². The van der Waals surface area contributed by atoms with Crippen molar-refractivity contribution in [2.75, 3.05) is 36.8 Å². The normalized spacial score (nSPS) is 14.8. The number of rotatable bonds is 9. The molecule has 1 aliphatic carbocycles. The molecule has 0 unspecified atom stereocenters. The molecule has 0 amide bonds. The first-order valence-corrected chi connectivity index (χ1v) is 8.24. The molecule has 2 rings (SSSR count). The van der Waals surface area contributed by atoms with Crippen LogP contribution in [0.1, 0.15) is 52.0 Å². The van der Waals surface area contributed by atoms with Gasteiger partial charge in [0.2, 0.25) is 0 Å². The number of likely N-dealkylation sites (N-methyl/N-ethyl adjacent to an activating group) is 1. The molecule has 5 heteroatoms. The SMILES string of the molecule is CCNc1ncnc(NCCN(CC)C2CC2)c1C(C)C. The van der Waals surface area contributed by atoms with Crippen LogP contribution in [0.4, 0.5) is 11.6 Å². The lowest BCUT2D eigenvalue weighted by atomic mass is 10.0. The predicted octanol–water partition coefficient (Wildman–Crippen LogP) is 2.93. The van der Waals surface area contributed by atoms with Crippen molar-refractivity contribution < 1.29 is 0 Å². The van der Waals surface area contributed by atoms with Gasteiger partial charge in [-0.1, -0.05) is 20.8 Å². The lowest BCUT2D eigenvalue weighted by Crippen LogP contribution is -2.31. The lowest BCUT2D eigenvalue weighted by molar-refractivity contribution is 0.289. The molecule has 0 atom stereocenters. The molecule has 0 saturated heterocycles. The van der Waals surface area contributed by atoms with Gasteiger partial charge in [-0.25, -0.2) is 9.97 Å². The molecule has 1 aromatic heterocycles. The van der Waals surface area contributed by atoms with Crippen molar-refractivity contribution in [2.24, 2.45) is 0 Å². The fourth-order valence-corrected chi connectivity index (χ4v) is 2.75. The van der Waals surface area contributed by atoms with Crippen LogP contribution in [0, 0.1) is 0 Å². The van der Waals surface area contributed by atoms with Crippen molar-refractivity contribution in [3.63, 3.8) is 0 Å². The van der Waals surface area contributed by atoms with Gasteiger partial charge in [0.05, 0.1) is 0 Å². The first kappa shape index (κ1) is 16.0. The highest BCUT2D eigenvalue weighted by Gasteiger charge is 2.27. The summed E-state index contributed by atoms with van der Waals surface area (Å²) in [6.45, 7) is 12.7. The maximum atomic E-state index is 4.45. The summed E-state index contributed by atoms with van der Waals surface area (Å²) in [7, 11) is 0. The van der Waals surface area contributed by atoms with Crippen molar-refractivity contribution in [3.8, 4) is 0 Å². The Morgan fingerprint density at radius 2 is 1.86 bits per heavy atom. The van der Waals surface area contributed by atoms with E-state index in [-0.39, 0.29) is 0 Å². The minimum atomic E-state index is 0.397. The predicted molar refractivity (Wildman–Crippen MR) is 89.0 cm³/mol. The van der Waals surface area contributed by atoms with Gasteiger partial charge in [0.15, 0.2) is 0 Å². The van der Waals surface area contributed by atoms with E-state index in [1.54, 1.807) is 6.33 Å². The highest BCUT2D eigenvalue weighted by atomic mass is 15.2. The Morgan fingerprint density at radius 3 is 2.38 bits per heavy atom. The molecular formula is C16H29N5. The zero-order valence-electron chi connectivity index (χ0n) is 13.8. The smallest absolute Gasteiger partial charge is 0.135 e. The summed E-state index contributed by atoms with van der Waals surface area (Å²) in [5, 5.41) is 6.84. The molecule has 0 aliphatic heterocycles. The van der Waals surface area contributed by atoms with E-state index in [4.69, 9.17) is 0 Å². The molecular weight excluding hydrogens is 262 g/mol. The summed E-state index contributed by atoms with van der Waals surface area (Å²) in [4.78, 5) is 11.4. The highest BCUT2D eigenvalue weighted by molar-refractivity contribution is 5.58. The van der Waals surface area contributed by atoms with Crippen LogP contribution in [0.5, 0.6) is 0 Å². The first-order chi connectivity index (χ1) is 10.2. The van der Waals surface area contributed by atoms with Crippen molar-refractivity contribution in [3.05, 3.63) is 11.9 Å². The van der Waals surface area contributed by atoms with Crippen molar-refractivity contribution in [1.82, 2.24) is 14.9 Å². The van der Waals surface area contributed by atoms with Gasteiger partial charge in [-0.15, -0.1) is 0 Å². The molecule has 1 fully saturated rings. The van der Waals surface area contributed by atoms with Crippen molar-refractivity contribution >= 4 is 11.6 Å². The van der Waals surface area contributed by atoms with E-state index in [1.807, 2.05) is 0 Å². The quantitative estimate of drug-likeness (QED) is 0.732. The molecule has 2 N–H and O–H groups in total. The van der Waals surface area contributed by atoms with E-state index in [1.165, 1.54) is 18.4 Å². The van der Waals surface area contributed by atoms with Crippen molar-refractivity contribution in [1.29, 1.82) is 0 Å². The molecule has 0 spiro atoms. The van der Waals surface area contributed by atoms with E-state index in [0.29, 0.717) is 5.92 Å². The standard InChI is InChI=1S/C16H29N5/c1-5-17-15-14(12(3)4)16(20-11-19-15)18-9-10-21(6-2)13-7-8-13/h11-13H,5-10H2,1-4H3,(H2,17,18,19,20). The van der Waals surface area contributed by atoms with E-state index >= 15 is 0 Å². The summed E-state index contributed by atoms with van der Waals surface area (Å²) < 4.78 is 0. The van der Waals surface area contributed by atoms with Gasteiger partial charge in [-0.2, -0.15) is 0 Å². The number of nitrogens with one attached hydrogen (secondary N) is 2. The molecule has 1 heterocycles. The maximum Gasteiger partial charge on any atom is 0.135 e. The molecule has 0 bridgehead atoms. The van der Waals surface area contributed by atoms with Crippen molar-refractivity contribution in [2.45, 2.75) is 52.5 Å². The fourth-order valence-electron chi connectivity index (χ4n) is 2.75. The largest absolute Gasteiger partial charge is 0.370 e. The third-order valence-corrected chi connectivity index (χ3v) is 3.97. The molecule has 0 aromatic carbocycles.